The molecule has 0 atom stereocenters. The molecule has 0 fully saturated rings. The van der Waals surface area contributed by atoms with Gasteiger partial charge in [0.05, 0.1) is 35.5 Å². The van der Waals surface area contributed by atoms with Gasteiger partial charge in [-0.25, -0.2) is 46.6 Å². The number of nitrogens with zero attached hydrogens (tertiary/aromatic N) is 8. The Morgan fingerprint density at radius 2 is 0.795 bits per heavy atom. The second-order valence-electron chi connectivity index (χ2n) is 7.87. The van der Waals surface area contributed by atoms with Crippen molar-refractivity contribution < 1.29 is 103 Å². The number of pyridine rings is 2. The van der Waals surface area contributed by atoms with E-state index in [9.17, 15) is 0 Å². The topological polar surface area (TPSA) is 272 Å². The van der Waals surface area contributed by atoms with Crippen molar-refractivity contribution in [3.05, 3.63) is 109 Å². The summed E-state index contributed by atoms with van der Waals surface area (Å²) in [7, 11) is -9.89. The maximum absolute atomic E-state index is 8.49. The predicted molar refractivity (Wildman–Crippen MR) is 122 cm³/mol. The number of para-hydroxylation sites is 2. The molecule has 44 heavy (non-hydrogen) atoms. The molecule has 0 radical (unpaired) electrons. The zero-order chi connectivity index (χ0) is 30.6. The third-order valence-electron chi connectivity index (χ3n) is 4.92. The Kier molecular flexibility index (Phi) is 16.9. The molecule has 6 rings (SSSR count). The zero-order valence-electron chi connectivity index (χ0n) is 21.9. The average molecular weight is 835 g/mol. The Morgan fingerprint density at radius 3 is 1.11 bits per heavy atom. The first-order chi connectivity index (χ1) is 19.9. The van der Waals surface area contributed by atoms with Gasteiger partial charge in [-0.2, -0.15) is 0 Å². The van der Waals surface area contributed by atoms with E-state index in [-0.39, 0.29) is 44.8 Å². The first kappa shape index (κ1) is 39.3. The first-order valence-electron chi connectivity index (χ1n) is 11.5. The smallest absolute Gasteiger partial charge is 0.259 e. The summed E-state index contributed by atoms with van der Waals surface area (Å²) in [5.74, 6) is 0. The van der Waals surface area contributed by atoms with Crippen LogP contribution in [0.15, 0.2) is 97.3 Å². The molecule has 0 saturated carbocycles. The molecule has 0 bridgehead atoms. The van der Waals surface area contributed by atoms with Crippen molar-refractivity contribution in [3.63, 3.8) is 0 Å². The molecule has 0 aliphatic rings. The average Bonchev–Trinajstić information content (AvgIpc) is 3.53. The predicted octanol–water partition coefficient (Wildman–Crippen LogP) is -5.77. The van der Waals surface area contributed by atoms with Crippen LogP contribution in [0.2, 0.25) is 0 Å². The third kappa shape index (κ3) is 15.3. The minimum atomic E-state index is -4.94. The van der Waals surface area contributed by atoms with E-state index < -0.39 is 20.5 Å². The molecule has 20 heteroatoms. The Labute approximate surface area is 284 Å². The van der Waals surface area contributed by atoms with Crippen LogP contribution >= 0.6 is 0 Å². The van der Waals surface area contributed by atoms with Crippen molar-refractivity contribution in [1.82, 2.24) is 40.0 Å². The summed E-state index contributed by atoms with van der Waals surface area (Å²) in [6.07, 6.45) is 3.57. The minimum Gasteiger partial charge on any atom is -0.259 e. The van der Waals surface area contributed by atoms with E-state index in [1.54, 1.807) is 12.4 Å². The number of benzene rings is 2. The third-order valence-corrected chi connectivity index (χ3v) is 4.92. The van der Waals surface area contributed by atoms with Crippen molar-refractivity contribution in [2.75, 3.05) is 0 Å². The van der Waals surface area contributed by atoms with Crippen molar-refractivity contribution >= 4 is 22.1 Å². The Balaban J connectivity index is 0.000000328. The summed E-state index contributed by atoms with van der Waals surface area (Å²) in [6.45, 7) is 1.31. The molecule has 0 unspecified atom stereocenters. The van der Waals surface area contributed by atoms with E-state index in [0.717, 1.165) is 33.5 Å². The summed E-state index contributed by atoms with van der Waals surface area (Å²) in [5.41, 5.74) is 5.87. The molecule has 2 aromatic carbocycles. The van der Waals surface area contributed by atoms with Gasteiger partial charge in [-0.1, -0.05) is 46.8 Å². The van der Waals surface area contributed by atoms with Crippen molar-refractivity contribution in [2.45, 2.75) is 13.1 Å². The van der Waals surface area contributed by atoms with Crippen molar-refractivity contribution in [1.29, 1.82) is 0 Å². The van der Waals surface area contributed by atoms with Gasteiger partial charge in [0.2, 0.25) is 0 Å². The Morgan fingerprint density at radius 1 is 0.477 bits per heavy atom. The number of rotatable bonds is 4. The Hall–Kier alpha value is -2.72. The molecule has 0 aliphatic carbocycles. The summed E-state index contributed by atoms with van der Waals surface area (Å²) in [5, 5.41) is 16.4. The molecule has 4 heterocycles. The van der Waals surface area contributed by atoms with Gasteiger partial charge in [0.25, 0.3) is 0 Å². The standard InChI is InChI=1S/2C12H10N4.2Ag.2ClHO4/c2*1-2-7-12-11(6-1)14-15-16(12)9-10-5-3-4-8-13-10;;;2*2-1(3,4)5/h2*1-8H,9H2;;;2*(H,2,3,4,5)/q;;2*+1;;/p-2. The molecular weight excluding hydrogens is 815 g/mol. The number of fused-ring (bicyclic) bond motifs is 2. The van der Waals surface area contributed by atoms with Gasteiger partial charge in [0.1, 0.15) is 11.0 Å². The molecule has 6 aromatic rings. The molecule has 0 spiro atoms. The van der Waals surface area contributed by atoms with Crippen LogP contribution in [-0.2, 0) is 57.9 Å². The fraction of sp³-hybridized carbons (Fsp3) is 0.0833. The van der Waals surface area contributed by atoms with Crippen LogP contribution < -0.4 is 37.3 Å². The van der Waals surface area contributed by atoms with Crippen LogP contribution in [0.4, 0.5) is 0 Å². The van der Waals surface area contributed by atoms with E-state index in [1.807, 2.05) is 94.3 Å². The van der Waals surface area contributed by atoms with E-state index in [1.165, 1.54) is 0 Å². The quantitative estimate of drug-likeness (QED) is 0.150. The molecular formula is C24H20Ag2Cl2N8O8. The fourth-order valence-electron chi connectivity index (χ4n) is 3.36. The number of aromatic nitrogens is 8. The van der Waals surface area contributed by atoms with E-state index >= 15 is 0 Å². The maximum atomic E-state index is 8.49. The normalized spacial score (nSPS) is 10.5. The number of halogens is 2. The van der Waals surface area contributed by atoms with Crippen LogP contribution in [0.5, 0.6) is 0 Å². The first-order valence-corrected chi connectivity index (χ1v) is 13.9. The maximum Gasteiger partial charge on any atom is 1.00 e. The molecule has 0 N–H and O–H groups in total. The molecule has 4 aromatic heterocycles. The summed E-state index contributed by atoms with van der Waals surface area (Å²) in [4.78, 5) is 8.54. The zero-order valence-corrected chi connectivity index (χ0v) is 26.3. The second kappa shape index (κ2) is 18.9. The van der Waals surface area contributed by atoms with Gasteiger partial charge >= 0.3 is 44.8 Å². The summed E-state index contributed by atoms with van der Waals surface area (Å²) >= 11 is 0. The van der Waals surface area contributed by atoms with E-state index in [2.05, 4.69) is 30.6 Å². The van der Waals surface area contributed by atoms with Crippen LogP contribution in [0.3, 0.4) is 0 Å². The SMILES string of the molecule is [Ag+].[Ag+].[O-][Cl+3]([O-])([O-])[O-].[O-][Cl+3]([O-])([O-])[O-].c1ccc(Cn2nnc3ccccc32)nc1.c1ccc(Cn2nnc3ccccc32)nc1. The van der Waals surface area contributed by atoms with Crippen LogP contribution in [-0.4, -0.2) is 40.0 Å². The number of hydrogen-bond donors (Lipinski definition) is 0. The summed E-state index contributed by atoms with van der Waals surface area (Å²) in [6, 6.07) is 27.6. The van der Waals surface area contributed by atoms with Gasteiger partial charge in [-0.3, -0.25) is 9.97 Å². The molecule has 0 amide bonds. The molecule has 240 valence electrons. The monoisotopic (exact) mass is 832 g/mol. The van der Waals surface area contributed by atoms with Gasteiger partial charge in [-0.15, -0.1) is 30.7 Å². The van der Waals surface area contributed by atoms with Gasteiger partial charge in [-0.05, 0) is 48.5 Å². The van der Waals surface area contributed by atoms with Gasteiger partial charge in [0.15, 0.2) is 0 Å². The van der Waals surface area contributed by atoms with E-state index in [4.69, 9.17) is 37.3 Å². The summed E-state index contributed by atoms with van der Waals surface area (Å²) < 4.78 is 71.7. The molecule has 16 nitrogen and oxygen atoms in total. The van der Waals surface area contributed by atoms with Gasteiger partial charge < -0.3 is 0 Å². The number of hydrogen-bond acceptors (Lipinski definition) is 14. The van der Waals surface area contributed by atoms with Gasteiger partial charge in [0, 0.05) is 12.4 Å². The van der Waals surface area contributed by atoms with Crippen LogP contribution in [0.1, 0.15) is 11.4 Å². The molecule has 0 aliphatic heterocycles. The van der Waals surface area contributed by atoms with E-state index in [0.29, 0.717) is 13.1 Å². The second-order valence-corrected chi connectivity index (χ2v) is 9.38. The van der Waals surface area contributed by atoms with Crippen molar-refractivity contribution in [3.8, 4) is 0 Å². The van der Waals surface area contributed by atoms with Crippen LogP contribution in [0.25, 0.3) is 22.1 Å². The Bertz CT molecular complexity index is 1520. The molecule has 0 saturated heterocycles. The fourth-order valence-corrected chi connectivity index (χ4v) is 3.36. The minimum absolute atomic E-state index is 0. The van der Waals surface area contributed by atoms with Crippen molar-refractivity contribution in [2.24, 2.45) is 0 Å². The largest absolute Gasteiger partial charge is 1.00 e. The van der Waals surface area contributed by atoms with Crippen LogP contribution in [0, 0.1) is 20.5 Å².